The van der Waals surface area contributed by atoms with Crippen LogP contribution in [-0.2, 0) is 6.42 Å². The molecule has 7 heteroatoms. The van der Waals surface area contributed by atoms with E-state index < -0.39 is 0 Å². The quantitative estimate of drug-likeness (QED) is 0.929. The molecule has 1 amide bonds. The van der Waals surface area contributed by atoms with E-state index in [4.69, 9.17) is 11.6 Å². The van der Waals surface area contributed by atoms with Crippen LogP contribution in [0.5, 0.6) is 0 Å². The normalized spacial score (nSPS) is 16.2. The largest absolute Gasteiger partial charge is 0.366 e. The van der Waals surface area contributed by atoms with Crippen LogP contribution in [0.25, 0.3) is 0 Å². The number of piperidine rings is 1. The molecule has 2 heterocycles. The molecule has 0 unspecified atom stereocenters. The highest BCUT2D eigenvalue weighted by molar-refractivity contribution is 8.12. The Labute approximate surface area is 128 Å². The van der Waals surface area contributed by atoms with Gasteiger partial charge in [0.15, 0.2) is 0 Å². The van der Waals surface area contributed by atoms with Crippen molar-refractivity contribution in [3.05, 3.63) is 17.0 Å². The second-order valence-electron chi connectivity index (χ2n) is 4.71. The number of halogens is 1. The van der Waals surface area contributed by atoms with E-state index in [0.29, 0.717) is 16.9 Å². The molecule has 0 aromatic carbocycles. The molecule has 1 saturated heterocycles. The van der Waals surface area contributed by atoms with Crippen molar-refractivity contribution < 1.29 is 4.79 Å². The summed E-state index contributed by atoms with van der Waals surface area (Å²) in [4.78, 5) is 21.9. The third-order valence-electron chi connectivity index (χ3n) is 3.47. The molecule has 110 valence electrons. The van der Waals surface area contributed by atoms with E-state index in [0.717, 1.165) is 38.0 Å². The first-order valence-electron chi connectivity index (χ1n) is 6.74. The molecule has 20 heavy (non-hydrogen) atoms. The minimum atomic E-state index is 0.150. The average molecular weight is 315 g/mol. The molecular weight excluding hydrogens is 296 g/mol. The SMILES string of the molecule is CCc1ncnc(NC2CCN(C(=O)SC)CC2)c1Cl. The molecule has 0 saturated carbocycles. The van der Waals surface area contributed by atoms with Crippen LogP contribution in [-0.4, -0.2) is 45.5 Å². The van der Waals surface area contributed by atoms with Crippen LogP contribution >= 0.6 is 23.4 Å². The summed E-state index contributed by atoms with van der Waals surface area (Å²) in [7, 11) is 0. The van der Waals surface area contributed by atoms with Crippen molar-refractivity contribution in [2.75, 3.05) is 24.7 Å². The van der Waals surface area contributed by atoms with Gasteiger partial charge in [0.1, 0.15) is 17.2 Å². The maximum Gasteiger partial charge on any atom is 0.281 e. The summed E-state index contributed by atoms with van der Waals surface area (Å²) in [6.45, 7) is 3.58. The predicted octanol–water partition coefficient (Wildman–Crippen LogP) is 3.05. The van der Waals surface area contributed by atoms with E-state index >= 15 is 0 Å². The van der Waals surface area contributed by atoms with Crippen LogP contribution in [0.3, 0.4) is 0 Å². The van der Waals surface area contributed by atoms with Gasteiger partial charge in [0, 0.05) is 19.1 Å². The highest BCUT2D eigenvalue weighted by atomic mass is 35.5. The molecule has 5 nitrogen and oxygen atoms in total. The van der Waals surface area contributed by atoms with Gasteiger partial charge in [-0.15, -0.1) is 0 Å². The highest BCUT2D eigenvalue weighted by Crippen LogP contribution is 2.25. The van der Waals surface area contributed by atoms with Gasteiger partial charge in [-0.3, -0.25) is 4.79 Å². The summed E-state index contributed by atoms with van der Waals surface area (Å²) in [5.74, 6) is 0.702. The Morgan fingerprint density at radius 2 is 2.20 bits per heavy atom. The minimum Gasteiger partial charge on any atom is -0.366 e. The van der Waals surface area contributed by atoms with Crippen molar-refractivity contribution in [3.63, 3.8) is 0 Å². The summed E-state index contributed by atoms with van der Waals surface area (Å²) in [5, 5.41) is 4.13. The Balaban J connectivity index is 1.94. The Morgan fingerprint density at radius 3 is 2.80 bits per heavy atom. The molecule has 1 aliphatic rings. The van der Waals surface area contributed by atoms with Crippen LogP contribution < -0.4 is 5.32 Å². The summed E-state index contributed by atoms with van der Waals surface area (Å²) >= 11 is 7.54. The van der Waals surface area contributed by atoms with Crippen LogP contribution in [0.15, 0.2) is 6.33 Å². The van der Waals surface area contributed by atoms with E-state index in [1.54, 1.807) is 6.33 Å². The number of carbonyl (C=O) groups is 1. The highest BCUT2D eigenvalue weighted by Gasteiger charge is 2.23. The lowest BCUT2D eigenvalue weighted by atomic mass is 10.1. The predicted molar refractivity (Wildman–Crippen MR) is 83.5 cm³/mol. The lowest BCUT2D eigenvalue weighted by Gasteiger charge is -2.32. The first-order chi connectivity index (χ1) is 9.65. The Hall–Kier alpha value is -1.01. The van der Waals surface area contributed by atoms with Crippen molar-refractivity contribution in [1.29, 1.82) is 0 Å². The number of nitrogens with one attached hydrogen (secondary N) is 1. The zero-order valence-electron chi connectivity index (χ0n) is 11.7. The van der Waals surface area contributed by atoms with Gasteiger partial charge in [-0.2, -0.15) is 0 Å². The number of aromatic nitrogens is 2. The molecule has 0 aliphatic carbocycles. The van der Waals surface area contributed by atoms with Crippen LogP contribution in [0, 0.1) is 0 Å². The molecule has 1 fully saturated rings. The van der Waals surface area contributed by atoms with Gasteiger partial charge < -0.3 is 10.2 Å². The summed E-state index contributed by atoms with van der Waals surface area (Å²) in [6, 6.07) is 0.304. The number of likely N-dealkylation sites (tertiary alicyclic amines) is 1. The molecule has 0 radical (unpaired) electrons. The summed E-state index contributed by atoms with van der Waals surface area (Å²) < 4.78 is 0. The smallest absolute Gasteiger partial charge is 0.281 e. The van der Waals surface area contributed by atoms with Crippen molar-refractivity contribution in [1.82, 2.24) is 14.9 Å². The fourth-order valence-electron chi connectivity index (χ4n) is 2.28. The van der Waals surface area contributed by atoms with Crippen molar-refractivity contribution in [2.45, 2.75) is 32.2 Å². The van der Waals surface area contributed by atoms with Crippen LogP contribution in [0.4, 0.5) is 10.6 Å². The van der Waals surface area contributed by atoms with E-state index in [1.807, 2.05) is 18.1 Å². The Kier molecular flexibility index (Phi) is 5.48. The first kappa shape index (κ1) is 15.4. The van der Waals surface area contributed by atoms with E-state index in [9.17, 15) is 4.79 Å². The van der Waals surface area contributed by atoms with E-state index in [1.165, 1.54) is 11.8 Å². The number of amides is 1. The zero-order valence-corrected chi connectivity index (χ0v) is 13.3. The van der Waals surface area contributed by atoms with Crippen LogP contribution in [0.2, 0.25) is 5.02 Å². The summed E-state index contributed by atoms with van der Waals surface area (Å²) in [6.07, 6.45) is 5.97. The molecule has 0 bridgehead atoms. The topological polar surface area (TPSA) is 58.1 Å². The summed E-state index contributed by atoms with van der Waals surface area (Å²) in [5.41, 5.74) is 0.860. The second kappa shape index (κ2) is 7.13. The fraction of sp³-hybridized carbons (Fsp3) is 0.615. The van der Waals surface area contributed by atoms with Crippen molar-refractivity contribution >= 4 is 34.4 Å². The van der Waals surface area contributed by atoms with Gasteiger partial charge in [-0.1, -0.05) is 30.3 Å². The number of nitrogens with zero attached hydrogens (tertiary/aromatic N) is 3. The number of hydrogen-bond acceptors (Lipinski definition) is 5. The van der Waals surface area contributed by atoms with E-state index in [-0.39, 0.29) is 5.24 Å². The standard InChI is InChI=1S/C13H19ClN4OS/c1-3-10-11(14)12(16-8-15-10)17-9-4-6-18(7-5-9)13(19)20-2/h8-9H,3-7H2,1-2H3,(H,15,16,17). The molecule has 1 aromatic heterocycles. The molecular formula is C13H19ClN4OS. The molecule has 1 aromatic rings. The maximum atomic E-state index is 11.6. The number of carbonyl (C=O) groups excluding carboxylic acids is 1. The van der Waals surface area contributed by atoms with Gasteiger partial charge in [-0.25, -0.2) is 9.97 Å². The van der Waals surface area contributed by atoms with Crippen molar-refractivity contribution in [3.8, 4) is 0 Å². The van der Waals surface area contributed by atoms with Gasteiger partial charge in [-0.05, 0) is 25.5 Å². The molecule has 0 spiro atoms. The number of rotatable bonds is 3. The molecule has 1 N–H and O–H groups in total. The lowest BCUT2D eigenvalue weighted by molar-refractivity contribution is 0.208. The third kappa shape index (κ3) is 3.55. The fourth-order valence-corrected chi connectivity index (χ4v) is 3.01. The van der Waals surface area contributed by atoms with Gasteiger partial charge in [0.05, 0.1) is 5.69 Å². The second-order valence-corrected chi connectivity index (χ2v) is 5.85. The minimum absolute atomic E-state index is 0.150. The average Bonchev–Trinajstić information content (AvgIpc) is 2.49. The maximum absolute atomic E-state index is 11.6. The monoisotopic (exact) mass is 314 g/mol. The molecule has 2 rings (SSSR count). The lowest BCUT2D eigenvalue weighted by Crippen LogP contribution is -2.41. The zero-order chi connectivity index (χ0) is 14.5. The Morgan fingerprint density at radius 1 is 1.50 bits per heavy atom. The number of aryl methyl sites for hydroxylation is 1. The molecule has 1 aliphatic heterocycles. The van der Waals surface area contributed by atoms with Crippen LogP contribution in [0.1, 0.15) is 25.5 Å². The number of anilines is 1. The van der Waals surface area contributed by atoms with Gasteiger partial charge >= 0.3 is 0 Å². The van der Waals surface area contributed by atoms with Crippen molar-refractivity contribution in [2.24, 2.45) is 0 Å². The van der Waals surface area contributed by atoms with E-state index in [2.05, 4.69) is 15.3 Å². The number of hydrogen-bond donors (Lipinski definition) is 1. The third-order valence-corrected chi connectivity index (χ3v) is 4.47. The number of thioether (sulfide) groups is 1. The Bertz CT molecular complexity index is 477. The van der Waals surface area contributed by atoms with Gasteiger partial charge in [0.25, 0.3) is 5.24 Å². The molecule has 0 atom stereocenters. The van der Waals surface area contributed by atoms with Gasteiger partial charge in [0.2, 0.25) is 0 Å². The first-order valence-corrected chi connectivity index (χ1v) is 8.34.